The van der Waals surface area contributed by atoms with Crippen molar-refractivity contribution in [2.24, 2.45) is 10.4 Å². The van der Waals surface area contributed by atoms with Gasteiger partial charge < -0.3 is 10.2 Å². The van der Waals surface area contributed by atoms with Crippen LogP contribution in [-0.4, -0.2) is 60.6 Å². The van der Waals surface area contributed by atoms with E-state index in [1.165, 1.54) is 0 Å². The van der Waals surface area contributed by atoms with Gasteiger partial charge >= 0.3 is 0 Å². The summed E-state index contributed by atoms with van der Waals surface area (Å²) in [5, 5.41) is 28.3. The van der Waals surface area contributed by atoms with E-state index >= 15 is 0 Å². The molecular weight excluding hydrogens is 184 g/mol. The van der Waals surface area contributed by atoms with E-state index in [2.05, 4.69) is 10.4 Å². The standard InChI is InChI=1S/C8H20N4O2/c1-11(5-3-7-13)9-10-12(2)6-4-8-14/h13-14H,3-8H2,1-2H3. The molecule has 0 aromatic rings. The fourth-order valence-corrected chi connectivity index (χ4v) is 0.825. The largest absolute Gasteiger partial charge is 0.396 e. The molecule has 2 N–H and O–H groups in total. The van der Waals surface area contributed by atoms with E-state index in [0.717, 1.165) is 0 Å². The van der Waals surface area contributed by atoms with Gasteiger partial charge in [0.25, 0.3) is 0 Å². The van der Waals surface area contributed by atoms with E-state index in [0.29, 0.717) is 25.9 Å². The summed E-state index contributed by atoms with van der Waals surface area (Å²) in [4.78, 5) is 0. The van der Waals surface area contributed by atoms with Crippen molar-refractivity contribution in [3.05, 3.63) is 0 Å². The summed E-state index contributed by atoms with van der Waals surface area (Å²) in [6.45, 7) is 1.71. The zero-order valence-electron chi connectivity index (χ0n) is 8.93. The van der Waals surface area contributed by atoms with Gasteiger partial charge in [-0.15, -0.1) is 0 Å². The summed E-state index contributed by atoms with van der Waals surface area (Å²) in [5.41, 5.74) is 0. The first-order chi connectivity index (χ1) is 6.70. The van der Waals surface area contributed by atoms with Crippen molar-refractivity contribution in [3.8, 4) is 0 Å². The van der Waals surface area contributed by atoms with Crippen LogP contribution in [0.5, 0.6) is 0 Å². The Hall–Kier alpha value is -0.880. The van der Waals surface area contributed by atoms with Crippen LogP contribution in [0.15, 0.2) is 10.4 Å². The van der Waals surface area contributed by atoms with E-state index in [-0.39, 0.29) is 13.2 Å². The molecule has 0 saturated heterocycles. The van der Waals surface area contributed by atoms with Gasteiger partial charge in [0.1, 0.15) is 0 Å². The van der Waals surface area contributed by atoms with Crippen molar-refractivity contribution in [2.45, 2.75) is 12.8 Å². The molecule has 0 aliphatic heterocycles. The number of hydrogen-bond acceptors (Lipinski definition) is 4. The topological polar surface area (TPSA) is 71.7 Å². The highest BCUT2D eigenvalue weighted by molar-refractivity contribution is 4.43. The van der Waals surface area contributed by atoms with Gasteiger partial charge in [-0.2, -0.15) is 0 Å². The molecule has 0 spiro atoms. The predicted octanol–water partition coefficient (Wildman–Crippen LogP) is -0.103. The van der Waals surface area contributed by atoms with Crippen LogP contribution in [0.4, 0.5) is 0 Å². The van der Waals surface area contributed by atoms with Gasteiger partial charge in [0.15, 0.2) is 0 Å². The summed E-state index contributed by atoms with van der Waals surface area (Å²) < 4.78 is 0. The molecule has 0 unspecified atom stereocenters. The van der Waals surface area contributed by atoms with Crippen molar-refractivity contribution in [1.29, 1.82) is 0 Å². The Bertz CT molecular complexity index is 138. The number of hydrogen-bond donors (Lipinski definition) is 2. The number of rotatable bonds is 8. The Labute approximate surface area is 84.8 Å². The molecule has 0 rings (SSSR count). The Morgan fingerprint density at radius 1 is 0.857 bits per heavy atom. The lowest BCUT2D eigenvalue weighted by Crippen LogP contribution is -2.17. The maximum Gasteiger partial charge on any atom is 0.0448 e. The number of nitrogens with zero attached hydrogens (tertiary/aromatic N) is 4. The molecule has 0 aromatic heterocycles. The van der Waals surface area contributed by atoms with Crippen LogP contribution in [0.3, 0.4) is 0 Å². The van der Waals surface area contributed by atoms with Gasteiger partial charge in [-0.05, 0) is 12.8 Å². The van der Waals surface area contributed by atoms with Crippen LogP contribution in [0.1, 0.15) is 12.8 Å². The molecule has 0 aromatic carbocycles. The van der Waals surface area contributed by atoms with Gasteiger partial charge in [0.2, 0.25) is 0 Å². The Kier molecular flexibility index (Phi) is 8.16. The van der Waals surface area contributed by atoms with Gasteiger partial charge in [-0.3, -0.25) is 10.0 Å². The minimum absolute atomic E-state index is 0.167. The van der Waals surface area contributed by atoms with Crippen LogP contribution in [-0.2, 0) is 0 Å². The molecule has 6 heteroatoms. The Morgan fingerprint density at radius 2 is 1.21 bits per heavy atom. The maximum absolute atomic E-state index is 8.57. The van der Waals surface area contributed by atoms with Crippen LogP contribution in [0, 0.1) is 0 Å². The fraction of sp³-hybridized carbons (Fsp3) is 1.00. The molecule has 0 atom stereocenters. The monoisotopic (exact) mass is 204 g/mol. The predicted molar refractivity (Wildman–Crippen MR) is 53.5 cm³/mol. The van der Waals surface area contributed by atoms with Crippen LogP contribution in [0.2, 0.25) is 0 Å². The molecule has 6 nitrogen and oxygen atoms in total. The van der Waals surface area contributed by atoms with E-state index in [4.69, 9.17) is 10.2 Å². The SMILES string of the molecule is CN(CCCO)N=NN(C)CCCO. The summed E-state index contributed by atoms with van der Waals surface area (Å²) in [6.07, 6.45) is 1.38. The third-order valence-corrected chi connectivity index (χ3v) is 1.63. The first-order valence-electron chi connectivity index (χ1n) is 4.76. The van der Waals surface area contributed by atoms with Gasteiger partial charge in [0, 0.05) is 40.4 Å². The van der Waals surface area contributed by atoms with Gasteiger partial charge in [-0.1, -0.05) is 10.4 Å². The molecule has 14 heavy (non-hydrogen) atoms. The zero-order valence-corrected chi connectivity index (χ0v) is 8.93. The average molecular weight is 204 g/mol. The van der Waals surface area contributed by atoms with E-state index in [1.807, 2.05) is 0 Å². The summed E-state index contributed by atoms with van der Waals surface area (Å²) in [6, 6.07) is 0. The lowest BCUT2D eigenvalue weighted by Gasteiger charge is -2.13. The molecular formula is C8H20N4O2. The third-order valence-electron chi connectivity index (χ3n) is 1.63. The van der Waals surface area contributed by atoms with Crippen LogP contribution in [0.25, 0.3) is 0 Å². The number of aliphatic hydroxyl groups excluding tert-OH is 2. The second-order valence-corrected chi connectivity index (χ2v) is 3.10. The Morgan fingerprint density at radius 3 is 1.50 bits per heavy atom. The molecule has 0 fully saturated rings. The second-order valence-electron chi connectivity index (χ2n) is 3.10. The van der Waals surface area contributed by atoms with Crippen molar-refractivity contribution >= 4 is 0 Å². The maximum atomic E-state index is 8.57. The lowest BCUT2D eigenvalue weighted by molar-refractivity contribution is 0.207. The first kappa shape index (κ1) is 13.1. The molecule has 0 amide bonds. The van der Waals surface area contributed by atoms with Crippen LogP contribution < -0.4 is 0 Å². The van der Waals surface area contributed by atoms with Crippen molar-refractivity contribution in [2.75, 3.05) is 40.4 Å². The van der Waals surface area contributed by atoms with Crippen molar-refractivity contribution in [3.63, 3.8) is 0 Å². The molecule has 84 valence electrons. The minimum Gasteiger partial charge on any atom is -0.396 e. The Balaban J connectivity index is 3.56. The average Bonchev–Trinajstić information content (AvgIpc) is 2.20. The molecule has 0 radical (unpaired) electrons. The van der Waals surface area contributed by atoms with Crippen molar-refractivity contribution < 1.29 is 10.2 Å². The number of aliphatic hydroxyl groups is 2. The van der Waals surface area contributed by atoms with E-state index < -0.39 is 0 Å². The summed E-state index contributed by atoms with van der Waals surface area (Å²) >= 11 is 0. The molecule has 0 heterocycles. The molecule has 0 aliphatic carbocycles. The lowest BCUT2D eigenvalue weighted by atomic mass is 10.4. The second kappa shape index (κ2) is 8.71. The summed E-state index contributed by atoms with van der Waals surface area (Å²) in [7, 11) is 3.61. The third kappa shape index (κ3) is 7.75. The molecule has 0 bridgehead atoms. The smallest absolute Gasteiger partial charge is 0.0448 e. The quantitative estimate of drug-likeness (QED) is 0.428. The van der Waals surface area contributed by atoms with E-state index in [9.17, 15) is 0 Å². The van der Waals surface area contributed by atoms with Gasteiger partial charge in [0.05, 0.1) is 0 Å². The minimum atomic E-state index is 0.167. The fourth-order valence-electron chi connectivity index (χ4n) is 0.825. The molecule has 0 saturated carbocycles. The highest BCUT2D eigenvalue weighted by Gasteiger charge is 1.94. The summed E-state index contributed by atoms with van der Waals surface area (Å²) in [5.74, 6) is 0. The first-order valence-corrected chi connectivity index (χ1v) is 4.76. The molecule has 0 aliphatic rings. The highest BCUT2D eigenvalue weighted by atomic mass is 16.3. The van der Waals surface area contributed by atoms with Gasteiger partial charge in [-0.25, -0.2) is 0 Å². The highest BCUT2D eigenvalue weighted by Crippen LogP contribution is 1.93. The van der Waals surface area contributed by atoms with Crippen LogP contribution >= 0.6 is 0 Å². The zero-order chi connectivity index (χ0) is 10.8. The normalized spacial score (nSPS) is 10.9. The van der Waals surface area contributed by atoms with Crippen molar-refractivity contribution in [1.82, 2.24) is 10.0 Å². The van der Waals surface area contributed by atoms with E-state index in [1.54, 1.807) is 24.1 Å².